The van der Waals surface area contributed by atoms with Crippen LogP contribution >= 0.6 is 0 Å². The van der Waals surface area contributed by atoms with Gasteiger partial charge in [0, 0.05) is 17.8 Å². The van der Waals surface area contributed by atoms with E-state index in [1.54, 1.807) is 16.9 Å². The highest BCUT2D eigenvalue weighted by molar-refractivity contribution is 6.01. The van der Waals surface area contributed by atoms with Crippen molar-refractivity contribution in [2.45, 2.75) is 33.7 Å². The van der Waals surface area contributed by atoms with Gasteiger partial charge in [-0.1, -0.05) is 11.2 Å². The Morgan fingerprint density at radius 1 is 1.17 bits per heavy atom. The monoisotopic (exact) mass is 325 g/mol. The van der Waals surface area contributed by atoms with Crippen LogP contribution in [0.2, 0.25) is 0 Å². The lowest BCUT2D eigenvalue weighted by Gasteiger charge is -2.03. The van der Waals surface area contributed by atoms with Crippen molar-refractivity contribution in [2.75, 3.05) is 5.32 Å². The summed E-state index contributed by atoms with van der Waals surface area (Å²) in [6.45, 7) is 8.03. The van der Waals surface area contributed by atoms with Gasteiger partial charge in [-0.15, -0.1) is 5.10 Å². The van der Waals surface area contributed by atoms with Crippen LogP contribution in [0, 0.1) is 13.8 Å². The van der Waals surface area contributed by atoms with Crippen molar-refractivity contribution in [2.24, 2.45) is 0 Å². The van der Waals surface area contributed by atoms with E-state index in [0.717, 1.165) is 11.1 Å². The highest BCUT2D eigenvalue weighted by Crippen LogP contribution is 2.22. The summed E-state index contributed by atoms with van der Waals surface area (Å²) in [4.78, 5) is 12.2. The van der Waals surface area contributed by atoms with Gasteiger partial charge in [0.2, 0.25) is 5.89 Å². The summed E-state index contributed by atoms with van der Waals surface area (Å²) in [6.07, 6.45) is 1.76. The Balaban J connectivity index is 1.75. The number of hydrogen-bond acceptors (Lipinski definition) is 5. The molecule has 0 spiro atoms. The minimum atomic E-state index is -0.385. The van der Waals surface area contributed by atoms with Gasteiger partial charge in [0.15, 0.2) is 5.69 Å². The summed E-state index contributed by atoms with van der Waals surface area (Å²) in [6, 6.07) is 7.75. The predicted molar refractivity (Wildman–Crippen MR) is 89.8 cm³/mol. The van der Waals surface area contributed by atoms with Gasteiger partial charge < -0.3 is 4.42 Å². The molecule has 0 aliphatic carbocycles. The standard InChI is InChI=1S/C17H19N5O2/c1-10(2)22-8-7-14(21-22)15(23)18-17-20-19-16(24-17)13-6-5-11(3)12(4)9-13/h5-10H,1-4H3,(H,18,20,23). The van der Waals surface area contributed by atoms with Crippen molar-refractivity contribution < 1.29 is 9.21 Å². The molecule has 0 saturated carbocycles. The fraction of sp³-hybridized carbons (Fsp3) is 0.294. The van der Waals surface area contributed by atoms with Gasteiger partial charge in [0.1, 0.15) is 0 Å². The quantitative estimate of drug-likeness (QED) is 0.794. The summed E-state index contributed by atoms with van der Waals surface area (Å²) in [7, 11) is 0. The molecule has 3 rings (SSSR count). The summed E-state index contributed by atoms with van der Waals surface area (Å²) >= 11 is 0. The van der Waals surface area contributed by atoms with Gasteiger partial charge in [-0.25, -0.2) is 0 Å². The molecule has 0 aliphatic heterocycles. The number of hydrogen-bond donors (Lipinski definition) is 1. The maximum Gasteiger partial charge on any atom is 0.322 e. The van der Waals surface area contributed by atoms with Crippen LogP contribution in [-0.4, -0.2) is 25.9 Å². The first kappa shape index (κ1) is 15.9. The zero-order chi connectivity index (χ0) is 17.3. The first-order chi connectivity index (χ1) is 11.4. The summed E-state index contributed by atoms with van der Waals surface area (Å²) < 4.78 is 7.23. The Morgan fingerprint density at radius 3 is 2.62 bits per heavy atom. The fourth-order valence-corrected chi connectivity index (χ4v) is 2.17. The van der Waals surface area contributed by atoms with E-state index >= 15 is 0 Å². The zero-order valence-electron chi connectivity index (χ0n) is 14.1. The van der Waals surface area contributed by atoms with Crippen LogP contribution in [0.25, 0.3) is 11.5 Å². The minimum Gasteiger partial charge on any atom is -0.403 e. The Morgan fingerprint density at radius 2 is 1.96 bits per heavy atom. The molecule has 0 unspecified atom stereocenters. The molecular weight excluding hydrogens is 306 g/mol. The summed E-state index contributed by atoms with van der Waals surface area (Å²) in [5.74, 6) is -0.0224. The van der Waals surface area contributed by atoms with Crippen molar-refractivity contribution in [3.05, 3.63) is 47.3 Å². The SMILES string of the molecule is Cc1ccc(-c2nnc(NC(=O)c3ccn(C(C)C)n3)o2)cc1C. The molecular formula is C17H19N5O2. The van der Waals surface area contributed by atoms with E-state index in [9.17, 15) is 4.79 Å². The molecule has 2 aromatic heterocycles. The second-order valence-corrected chi connectivity index (χ2v) is 5.94. The summed E-state index contributed by atoms with van der Waals surface area (Å²) in [5, 5.41) is 14.6. The molecule has 0 bridgehead atoms. The molecule has 124 valence electrons. The number of aryl methyl sites for hydroxylation is 2. The van der Waals surface area contributed by atoms with E-state index in [1.807, 2.05) is 45.9 Å². The van der Waals surface area contributed by atoms with Crippen molar-refractivity contribution in [1.82, 2.24) is 20.0 Å². The van der Waals surface area contributed by atoms with E-state index < -0.39 is 0 Å². The molecule has 2 heterocycles. The van der Waals surface area contributed by atoms with Gasteiger partial charge in [-0.3, -0.25) is 14.8 Å². The van der Waals surface area contributed by atoms with Crippen LogP contribution in [0.5, 0.6) is 0 Å². The molecule has 1 amide bonds. The maximum atomic E-state index is 12.2. The second-order valence-electron chi connectivity index (χ2n) is 5.94. The molecule has 1 aromatic carbocycles. The van der Waals surface area contributed by atoms with E-state index in [1.165, 1.54) is 5.56 Å². The van der Waals surface area contributed by atoms with E-state index in [4.69, 9.17) is 4.42 Å². The Hall–Kier alpha value is -2.96. The highest BCUT2D eigenvalue weighted by atomic mass is 16.4. The molecule has 0 radical (unpaired) electrons. The number of nitrogens with one attached hydrogen (secondary N) is 1. The van der Waals surface area contributed by atoms with Gasteiger partial charge in [0.05, 0.1) is 0 Å². The van der Waals surface area contributed by atoms with Gasteiger partial charge >= 0.3 is 6.01 Å². The topological polar surface area (TPSA) is 85.8 Å². The average molecular weight is 325 g/mol. The number of carbonyl (C=O) groups is 1. The number of carbonyl (C=O) groups excluding carboxylic acids is 1. The molecule has 24 heavy (non-hydrogen) atoms. The van der Waals surface area contributed by atoms with Crippen LogP contribution in [0.4, 0.5) is 6.01 Å². The number of benzene rings is 1. The normalized spacial score (nSPS) is 11.0. The number of nitrogens with zero attached hydrogens (tertiary/aromatic N) is 4. The minimum absolute atomic E-state index is 0.0484. The lowest BCUT2D eigenvalue weighted by atomic mass is 10.1. The molecule has 0 atom stereocenters. The number of rotatable bonds is 4. The van der Waals surface area contributed by atoms with Crippen LogP contribution < -0.4 is 5.32 Å². The third-order valence-electron chi connectivity index (χ3n) is 3.77. The first-order valence-corrected chi connectivity index (χ1v) is 7.71. The van der Waals surface area contributed by atoms with Crippen LogP contribution in [0.3, 0.4) is 0 Å². The third-order valence-corrected chi connectivity index (χ3v) is 3.77. The van der Waals surface area contributed by atoms with Crippen LogP contribution in [0.1, 0.15) is 41.5 Å². The fourth-order valence-electron chi connectivity index (χ4n) is 2.17. The molecule has 3 aromatic rings. The molecule has 1 N–H and O–H groups in total. The van der Waals surface area contributed by atoms with Crippen molar-refractivity contribution in [1.29, 1.82) is 0 Å². The number of aromatic nitrogens is 4. The van der Waals surface area contributed by atoms with E-state index in [0.29, 0.717) is 11.6 Å². The van der Waals surface area contributed by atoms with Crippen LogP contribution in [-0.2, 0) is 0 Å². The van der Waals surface area contributed by atoms with Crippen molar-refractivity contribution in [3.8, 4) is 11.5 Å². The first-order valence-electron chi connectivity index (χ1n) is 7.71. The third kappa shape index (κ3) is 3.19. The Kier molecular flexibility index (Phi) is 4.16. The molecule has 0 aliphatic rings. The van der Waals surface area contributed by atoms with Gasteiger partial charge in [-0.05, 0) is 57.0 Å². The van der Waals surface area contributed by atoms with Crippen LogP contribution in [0.15, 0.2) is 34.9 Å². The Bertz CT molecular complexity index is 879. The predicted octanol–water partition coefficient (Wildman–Crippen LogP) is 3.38. The van der Waals surface area contributed by atoms with E-state index in [-0.39, 0.29) is 18.0 Å². The van der Waals surface area contributed by atoms with Gasteiger partial charge in [-0.2, -0.15) is 5.10 Å². The molecule has 7 nitrogen and oxygen atoms in total. The molecule has 0 fully saturated rings. The Labute approximate surface area is 139 Å². The lowest BCUT2D eigenvalue weighted by Crippen LogP contribution is -2.14. The molecule has 7 heteroatoms. The largest absolute Gasteiger partial charge is 0.403 e. The zero-order valence-corrected chi connectivity index (χ0v) is 14.1. The van der Waals surface area contributed by atoms with E-state index in [2.05, 4.69) is 20.6 Å². The number of amides is 1. The maximum absolute atomic E-state index is 12.2. The smallest absolute Gasteiger partial charge is 0.322 e. The summed E-state index contributed by atoms with van der Waals surface area (Å²) in [5.41, 5.74) is 3.44. The van der Waals surface area contributed by atoms with Crippen molar-refractivity contribution >= 4 is 11.9 Å². The number of anilines is 1. The average Bonchev–Trinajstić information content (AvgIpc) is 3.19. The second kappa shape index (κ2) is 6.27. The van der Waals surface area contributed by atoms with Crippen molar-refractivity contribution in [3.63, 3.8) is 0 Å². The van der Waals surface area contributed by atoms with Gasteiger partial charge in [0.25, 0.3) is 5.91 Å². The lowest BCUT2D eigenvalue weighted by molar-refractivity contribution is 0.101. The molecule has 0 saturated heterocycles. The highest BCUT2D eigenvalue weighted by Gasteiger charge is 2.15.